The minimum Gasteiger partial charge on any atom is -0.339 e. The lowest BCUT2D eigenvalue weighted by molar-refractivity contribution is -0.142. The molecule has 0 radical (unpaired) electrons. The summed E-state index contributed by atoms with van der Waals surface area (Å²) in [6, 6.07) is 3.88. The van der Waals surface area contributed by atoms with E-state index in [0.717, 1.165) is 38.2 Å². The highest BCUT2D eigenvalue weighted by Gasteiger charge is 2.36. The Morgan fingerprint density at radius 2 is 1.92 bits per heavy atom. The number of piperidine rings is 1. The Morgan fingerprint density at radius 3 is 2.56 bits per heavy atom. The first kappa shape index (κ1) is 17.9. The van der Waals surface area contributed by atoms with Crippen LogP contribution in [0.15, 0.2) is 18.3 Å². The molecule has 1 atom stereocenters. The number of rotatable bonds is 3. The molecule has 2 aliphatic rings. The quantitative estimate of drug-likeness (QED) is 0.835. The van der Waals surface area contributed by atoms with Gasteiger partial charge in [-0.25, -0.2) is 0 Å². The number of hydrogen-bond acceptors (Lipinski definition) is 4. The van der Waals surface area contributed by atoms with Gasteiger partial charge in [-0.2, -0.15) is 0 Å². The van der Waals surface area contributed by atoms with Gasteiger partial charge in [0.25, 0.3) is 5.91 Å². The summed E-state index contributed by atoms with van der Waals surface area (Å²) >= 11 is 0. The zero-order valence-corrected chi connectivity index (χ0v) is 15.4. The molecule has 3 rings (SSSR count). The van der Waals surface area contributed by atoms with Crippen LogP contribution in [0.25, 0.3) is 0 Å². The molecule has 1 aromatic heterocycles. The van der Waals surface area contributed by atoms with Crippen molar-refractivity contribution in [3.63, 3.8) is 0 Å². The minimum absolute atomic E-state index is 0.0199. The zero-order chi connectivity index (χ0) is 18.0. The summed E-state index contributed by atoms with van der Waals surface area (Å²) in [7, 11) is 0. The Balaban J connectivity index is 1.61. The van der Waals surface area contributed by atoms with Crippen molar-refractivity contribution >= 4 is 11.8 Å². The fourth-order valence-electron chi connectivity index (χ4n) is 3.85. The number of nitrogens with zero attached hydrogens (tertiary/aromatic N) is 4. The van der Waals surface area contributed by atoms with Crippen molar-refractivity contribution in [3.05, 3.63) is 29.6 Å². The molecule has 136 valence electrons. The standard InChI is InChI=1S/C19H28N4O2/c1-14(2)23-9-5-7-17(19(23)25)21-10-12-22(13-11-21)18(24)16-6-4-8-20-15(16)3/h4,6,8,14,17H,5,7,9-13H2,1-3H3/t17-/m0/s1. The van der Waals surface area contributed by atoms with Gasteiger partial charge in [-0.1, -0.05) is 0 Å². The Hall–Kier alpha value is -1.95. The number of piperazine rings is 1. The fourth-order valence-corrected chi connectivity index (χ4v) is 3.85. The molecular formula is C19H28N4O2. The average Bonchev–Trinajstić information content (AvgIpc) is 2.62. The van der Waals surface area contributed by atoms with Gasteiger partial charge in [0.15, 0.2) is 0 Å². The van der Waals surface area contributed by atoms with E-state index in [1.807, 2.05) is 22.8 Å². The third-order valence-electron chi connectivity index (χ3n) is 5.35. The summed E-state index contributed by atoms with van der Waals surface area (Å²) in [6.07, 6.45) is 3.69. The normalized spacial score (nSPS) is 22.6. The van der Waals surface area contributed by atoms with Crippen LogP contribution >= 0.6 is 0 Å². The zero-order valence-electron chi connectivity index (χ0n) is 15.4. The van der Waals surface area contributed by atoms with Crippen molar-refractivity contribution < 1.29 is 9.59 Å². The number of carbonyl (C=O) groups is 2. The highest BCUT2D eigenvalue weighted by Crippen LogP contribution is 2.21. The van der Waals surface area contributed by atoms with Crippen LogP contribution in [0.1, 0.15) is 42.7 Å². The lowest BCUT2D eigenvalue weighted by Gasteiger charge is -2.43. The molecule has 0 aliphatic carbocycles. The first-order valence-electron chi connectivity index (χ1n) is 9.24. The van der Waals surface area contributed by atoms with E-state index in [9.17, 15) is 9.59 Å². The topological polar surface area (TPSA) is 56.8 Å². The molecule has 0 saturated carbocycles. The summed E-state index contributed by atoms with van der Waals surface area (Å²) in [4.78, 5) is 35.8. The summed E-state index contributed by atoms with van der Waals surface area (Å²) in [5.41, 5.74) is 1.45. The van der Waals surface area contributed by atoms with Crippen molar-refractivity contribution in [2.45, 2.75) is 45.7 Å². The number of aromatic nitrogens is 1. The maximum absolute atomic E-state index is 12.7. The molecule has 25 heavy (non-hydrogen) atoms. The molecule has 0 N–H and O–H groups in total. The van der Waals surface area contributed by atoms with Crippen LogP contribution in [-0.2, 0) is 4.79 Å². The Kier molecular flexibility index (Phi) is 5.37. The van der Waals surface area contributed by atoms with Crippen molar-refractivity contribution in [2.75, 3.05) is 32.7 Å². The number of carbonyl (C=O) groups excluding carboxylic acids is 2. The van der Waals surface area contributed by atoms with Gasteiger partial charge >= 0.3 is 0 Å². The van der Waals surface area contributed by atoms with E-state index >= 15 is 0 Å². The van der Waals surface area contributed by atoms with Crippen LogP contribution in [-0.4, -0.2) is 76.3 Å². The van der Waals surface area contributed by atoms with Crippen LogP contribution < -0.4 is 0 Å². The Bertz CT molecular complexity index is 638. The summed E-state index contributed by atoms with van der Waals surface area (Å²) < 4.78 is 0. The van der Waals surface area contributed by atoms with E-state index in [4.69, 9.17) is 0 Å². The molecule has 6 nitrogen and oxygen atoms in total. The highest BCUT2D eigenvalue weighted by molar-refractivity contribution is 5.95. The first-order valence-corrected chi connectivity index (χ1v) is 9.24. The van der Waals surface area contributed by atoms with E-state index in [1.54, 1.807) is 12.3 Å². The maximum atomic E-state index is 12.7. The molecule has 0 bridgehead atoms. The van der Waals surface area contributed by atoms with Crippen LogP contribution in [0.2, 0.25) is 0 Å². The average molecular weight is 344 g/mol. The molecule has 2 aliphatic heterocycles. The van der Waals surface area contributed by atoms with Crippen LogP contribution in [0, 0.1) is 6.92 Å². The number of aryl methyl sites for hydroxylation is 1. The first-order chi connectivity index (χ1) is 12.0. The number of amides is 2. The van der Waals surface area contributed by atoms with Gasteiger partial charge in [-0.05, 0) is 45.7 Å². The van der Waals surface area contributed by atoms with Crippen LogP contribution in [0.5, 0.6) is 0 Å². The van der Waals surface area contributed by atoms with Gasteiger partial charge in [0.2, 0.25) is 5.91 Å². The van der Waals surface area contributed by atoms with E-state index in [2.05, 4.69) is 23.7 Å². The molecule has 0 unspecified atom stereocenters. The minimum atomic E-state index is -0.0199. The van der Waals surface area contributed by atoms with Crippen molar-refractivity contribution in [3.8, 4) is 0 Å². The molecule has 0 aromatic carbocycles. The maximum Gasteiger partial charge on any atom is 0.255 e. The smallest absolute Gasteiger partial charge is 0.255 e. The van der Waals surface area contributed by atoms with Crippen LogP contribution in [0.3, 0.4) is 0 Å². The molecule has 1 aromatic rings. The third kappa shape index (κ3) is 3.68. The van der Waals surface area contributed by atoms with Gasteiger partial charge < -0.3 is 9.80 Å². The lowest BCUT2D eigenvalue weighted by atomic mass is 10.0. The van der Waals surface area contributed by atoms with Gasteiger partial charge in [0.1, 0.15) is 0 Å². The SMILES string of the molecule is Cc1ncccc1C(=O)N1CCN([C@H]2CCCN(C(C)C)C2=O)CC1. The Morgan fingerprint density at radius 1 is 1.20 bits per heavy atom. The lowest BCUT2D eigenvalue weighted by Crippen LogP contribution is -2.59. The predicted octanol–water partition coefficient (Wildman–Crippen LogP) is 1.55. The molecule has 6 heteroatoms. The van der Waals surface area contributed by atoms with Crippen molar-refractivity contribution in [2.24, 2.45) is 0 Å². The van der Waals surface area contributed by atoms with Gasteiger partial charge in [-0.3, -0.25) is 19.5 Å². The van der Waals surface area contributed by atoms with Gasteiger partial charge in [0.05, 0.1) is 11.6 Å². The van der Waals surface area contributed by atoms with Crippen molar-refractivity contribution in [1.29, 1.82) is 0 Å². The largest absolute Gasteiger partial charge is 0.339 e. The third-order valence-corrected chi connectivity index (χ3v) is 5.35. The number of hydrogen-bond donors (Lipinski definition) is 0. The van der Waals surface area contributed by atoms with Gasteiger partial charge in [0, 0.05) is 50.7 Å². The molecular weight excluding hydrogens is 316 g/mol. The van der Waals surface area contributed by atoms with Crippen molar-refractivity contribution in [1.82, 2.24) is 19.7 Å². The summed E-state index contributed by atoms with van der Waals surface area (Å²) in [6.45, 7) is 9.73. The summed E-state index contributed by atoms with van der Waals surface area (Å²) in [5, 5.41) is 0. The monoisotopic (exact) mass is 344 g/mol. The van der Waals surface area contributed by atoms with E-state index < -0.39 is 0 Å². The van der Waals surface area contributed by atoms with E-state index in [0.29, 0.717) is 18.7 Å². The molecule has 0 spiro atoms. The molecule has 2 saturated heterocycles. The van der Waals surface area contributed by atoms with Crippen LogP contribution in [0.4, 0.5) is 0 Å². The second-order valence-corrected chi connectivity index (χ2v) is 7.25. The number of pyridine rings is 1. The summed E-state index contributed by atoms with van der Waals surface area (Å²) in [5.74, 6) is 0.299. The number of likely N-dealkylation sites (tertiary alicyclic amines) is 1. The van der Waals surface area contributed by atoms with E-state index in [1.165, 1.54) is 0 Å². The van der Waals surface area contributed by atoms with Gasteiger partial charge in [-0.15, -0.1) is 0 Å². The molecule has 2 amide bonds. The predicted molar refractivity (Wildman–Crippen MR) is 96.3 cm³/mol. The fraction of sp³-hybridized carbons (Fsp3) is 0.632. The second kappa shape index (κ2) is 7.52. The second-order valence-electron chi connectivity index (χ2n) is 7.25. The Labute approximate surface area is 149 Å². The molecule has 3 heterocycles. The highest BCUT2D eigenvalue weighted by atomic mass is 16.2. The van der Waals surface area contributed by atoms with E-state index in [-0.39, 0.29) is 23.9 Å². The molecule has 2 fully saturated rings.